The maximum Gasteiger partial charge on any atom is 0.269 e. The van der Waals surface area contributed by atoms with E-state index in [1.54, 1.807) is 12.1 Å². The predicted octanol–water partition coefficient (Wildman–Crippen LogP) is 6.49. The summed E-state index contributed by atoms with van der Waals surface area (Å²) in [5, 5.41) is 15.2. The van der Waals surface area contributed by atoms with Gasteiger partial charge in [-0.3, -0.25) is 10.1 Å². The highest BCUT2D eigenvalue weighted by atomic mass is 35.5. The van der Waals surface area contributed by atoms with Crippen LogP contribution < -0.4 is 14.8 Å². The molecule has 0 unspecified atom stereocenters. The Labute approximate surface area is 184 Å². The summed E-state index contributed by atoms with van der Waals surface area (Å²) in [6.45, 7) is 3.09. The van der Waals surface area contributed by atoms with Gasteiger partial charge in [0, 0.05) is 29.4 Å². The second-order valence-corrected chi connectivity index (χ2v) is 7.25. The van der Waals surface area contributed by atoms with E-state index in [1.165, 1.54) is 12.1 Å². The topological polar surface area (TPSA) is 73.6 Å². The molecule has 3 aromatic carbocycles. The Bertz CT molecular complexity index is 1010. The summed E-state index contributed by atoms with van der Waals surface area (Å²) in [6.07, 6.45) is 0. The SMILES string of the molecule is CCOc1cc(CNc2ccc(Cl)cc2)cc(Cl)c1OCc1ccc([N+](=O)[O-])cc1. The van der Waals surface area contributed by atoms with Gasteiger partial charge in [0.25, 0.3) is 5.69 Å². The first-order chi connectivity index (χ1) is 14.5. The summed E-state index contributed by atoms with van der Waals surface area (Å²) < 4.78 is 11.6. The molecule has 0 amide bonds. The van der Waals surface area contributed by atoms with E-state index >= 15 is 0 Å². The van der Waals surface area contributed by atoms with Gasteiger partial charge >= 0.3 is 0 Å². The number of benzene rings is 3. The summed E-state index contributed by atoms with van der Waals surface area (Å²) in [4.78, 5) is 10.3. The maximum absolute atomic E-state index is 10.8. The minimum atomic E-state index is -0.439. The molecule has 0 atom stereocenters. The Morgan fingerprint density at radius 3 is 2.30 bits per heavy atom. The number of non-ortho nitro benzene ring substituents is 1. The third-order valence-corrected chi connectivity index (χ3v) is 4.77. The van der Waals surface area contributed by atoms with Crippen LogP contribution in [0.4, 0.5) is 11.4 Å². The predicted molar refractivity (Wildman–Crippen MR) is 119 cm³/mol. The molecule has 8 heteroatoms. The minimum absolute atomic E-state index is 0.0318. The van der Waals surface area contributed by atoms with Crippen LogP contribution in [0.15, 0.2) is 60.7 Å². The van der Waals surface area contributed by atoms with Crippen molar-refractivity contribution in [1.29, 1.82) is 0 Å². The lowest BCUT2D eigenvalue weighted by Gasteiger charge is -2.16. The molecule has 0 aromatic heterocycles. The molecule has 0 heterocycles. The zero-order valence-electron chi connectivity index (χ0n) is 16.2. The van der Waals surface area contributed by atoms with E-state index in [9.17, 15) is 10.1 Å². The molecule has 3 rings (SSSR count). The van der Waals surface area contributed by atoms with Gasteiger partial charge < -0.3 is 14.8 Å². The van der Waals surface area contributed by atoms with E-state index in [4.69, 9.17) is 32.7 Å². The van der Waals surface area contributed by atoms with Crippen molar-refractivity contribution in [2.75, 3.05) is 11.9 Å². The van der Waals surface area contributed by atoms with E-state index in [0.717, 1.165) is 16.8 Å². The van der Waals surface area contributed by atoms with E-state index in [2.05, 4.69) is 5.32 Å². The number of hydrogen-bond acceptors (Lipinski definition) is 5. The van der Waals surface area contributed by atoms with Crippen molar-refractivity contribution >= 4 is 34.6 Å². The van der Waals surface area contributed by atoms with Crippen molar-refractivity contribution in [2.24, 2.45) is 0 Å². The molecule has 0 fully saturated rings. The number of hydrogen-bond donors (Lipinski definition) is 1. The van der Waals surface area contributed by atoms with Gasteiger partial charge in [-0.15, -0.1) is 0 Å². The van der Waals surface area contributed by atoms with Crippen LogP contribution in [-0.4, -0.2) is 11.5 Å². The Balaban J connectivity index is 1.72. The Kier molecular flexibility index (Phi) is 7.38. The average molecular weight is 447 g/mol. The number of nitro groups is 1. The molecule has 0 spiro atoms. The Hall–Kier alpha value is -2.96. The molecule has 0 aliphatic rings. The van der Waals surface area contributed by atoms with Crippen LogP contribution in [0.25, 0.3) is 0 Å². The van der Waals surface area contributed by atoms with Crippen LogP contribution in [0.3, 0.4) is 0 Å². The fourth-order valence-electron chi connectivity index (χ4n) is 2.77. The molecule has 0 radical (unpaired) electrons. The highest BCUT2D eigenvalue weighted by molar-refractivity contribution is 6.32. The molecule has 0 aliphatic carbocycles. The molecule has 156 valence electrons. The molecule has 0 saturated carbocycles. The van der Waals surface area contributed by atoms with E-state index < -0.39 is 4.92 Å². The highest BCUT2D eigenvalue weighted by Gasteiger charge is 2.14. The molecule has 3 aromatic rings. The average Bonchev–Trinajstić information content (AvgIpc) is 2.73. The van der Waals surface area contributed by atoms with Gasteiger partial charge in [-0.1, -0.05) is 23.2 Å². The van der Waals surface area contributed by atoms with Crippen molar-refractivity contribution in [3.63, 3.8) is 0 Å². The molecule has 1 N–H and O–H groups in total. The quantitative estimate of drug-likeness (QED) is 0.300. The molecule has 0 bridgehead atoms. The van der Waals surface area contributed by atoms with Crippen molar-refractivity contribution in [1.82, 2.24) is 0 Å². The summed E-state index contributed by atoms with van der Waals surface area (Å²) in [5.41, 5.74) is 2.69. The first kappa shape index (κ1) is 21.7. The van der Waals surface area contributed by atoms with Gasteiger partial charge in [0.15, 0.2) is 11.5 Å². The smallest absolute Gasteiger partial charge is 0.269 e. The maximum atomic E-state index is 10.8. The molecule has 30 heavy (non-hydrogen) atoms. The van der Waals surface area contributed by atoms with E-state index in [0.29, 0.717) is 34.7 Å². The number of anilines is 1. The zero-order chi connectivity index (χ0) is 21.5. The number of nitrogens with one attached hydrogen (secondary N) is 1. The van der Waals surface area contributed by atoms with Crippen molar-refractivity contribution in [3.05, 3.63) is 92.0 Å². The van der Waals surface area contributed by atoms with E-state index in [1.807, 2.05) is 43.3 Å². The molecule has 6 nitrogen and oxygen atoms in total. The van der Waals surface area contributed by atoms with Crippen LogP contribution in [0.2, 0.25) is 10.0 Å². The van der Waals surface area contributed by atoms with Gasteiger partial charge in [-0.05, 0) is 66.6 Å². The standard InChI is InChI=1S/C22H20Cl2N2O4/c1-2-29-21-12-16(13-25-18-7-5-17(23)6-8-18)11-20(24)22(21)30-14-15-3-9-19(10-4-15)26(27)28/h3-12,25H,2,13-14H2,1H3. The lowest BCUT2D eigenvalue weighted by Crippen LogP contribution is -2.04. The third kappa shape index (κ3) is 5.78. The van der Waals surface area contributed by atoms with Gasteiger partial charge in [-0.25, -0.2) is 0 Å². The second-order valence-electron chi connectivity index (χ2n) is 6.41. The fourth-order valence-corrected chi connectivity index (χ4v) is 3.18. The van der Waals surface area contributed by atoms with Gasteiger partial charge in [0.05, 0.1) is 16.6 Å². The highest BCUT2D eigenvalue weighted by Crippen LogP contribution is 2.37. The summed E-state index contributed by atoms with van der Waals surface area (Å²) in [6, 6.07) is 17.3. The summed E-state index contributed by atoms with van der Waals surface area (Å²) >= 11 is 12.4. The van der Waals surface area contributed by atoms with Crippen LogP contribution in [-0.2, 0) is 13.2 Å². The monoisotopic (exact) mass is 446 g/mol. The van der Waals surface area contributed by atoms with Crippen molar-refractivity contribution < 1.29 is 14.4 Å². The van der Waals surface area contributed by atoms with Gasteiger partial charge in [-0.2, -0.15) is 0 Å². The van der Waals surface area contributed by atoms with E-state index in [-0.39, 0.29) is 12.3 Å². The number of ether oxygens (including phenoxy) is 2. The van der Waals surface area contributed by atoms with Crippen LogP contribution in [0, 0.1) is 10.1 Å². The van der Waals surface area contributed by atoms with Crippen LogP contribution in [0.5, 0.6) is 11.5 Å². The largest absolute Gasteiger partial charge is 0.490 e. The van der Waals surface area contributed by atoms with Gasteiger partial charge in [0.2, 0.25) is 0 Å². The lowest BCUT2D eigenvalue weighted by atomic mass is 10.2. The number of nitro benzene ring substituents is 1. The van der Waals surface area contributed by atoms with Crippen LogP contribution in [0.1, 0.15) is 18.1 Å². The van der Waals surface area contributed by atoms with Crippen molar-refractivity contribution in [2.45, 2.75) is 20.1 Å². The molecular formula is C22H20Cl2N2O4. The summed E-state index contributed by atoms with van der Waals surface area (Å²) in [7, 11) is 0. The molecule has 0 aliphatic heterocycles. The lowest BCUT2D eigenvalue weighted by molar-refractivity contribution is -0.384. The zero-order valence-corrected chi connectivity index (χ0v) is 17.7. The first-order valence-corrected chi connectivity index (χ1v) is 10.0. The Morgan fingerprint density at radius 1 is 0.967 bits per heavy atom. The van der Waals surface area contributed by atoms with Crippen molar-refractivity contribution in [3.8, 4) is 11.5 Å². The number of nitrogens with zero attached hydrogens (tertiary/aromatic N) is 1. The molecule has 0 saturated heterocycles. The minimum Gasteiger partial charge on any atom is -0.490 e. The first-order valence-electron chi connectivity index (χ1n) is 9.27. The van der Waals surface area contributed by atoms with Gasteiger partial charge in [0.1, 0.15) is 6.61 Å². The fraction of sp³-hybridized carbons (Fsp3) is 0.182. The van der Waals surface area contributed by atoms with Crippen LogP contribution >= 0.6 is 23.2 Å². The number of rotatable bonds is 9. The third-order valence-electron chi connectivity index (χ3n) is 4.24. The normalized spacial score (nSPS) is 10.5. The second kappa shape index (κ2) is 10.2. The molecular weight excluding hydrogens is 427 g/mol. The Morgan fingerprint density at radius 2 is 1.67 bits per heavy atom. The summed E-state index contributed by atoms with van der Waals surface area (Å²) in [5.74, 6) is 0.979. The number of halogens is 2.